The van der Waals surface area contributed by atoms with Crippen LogP contribution in [0, 0.1) is 10.1 Å². The molecule has 2 aromatic rings. The monoisotopic (exact) mass is 376 g/mol. The van der Waals surface area contributed by atoms with Gasteiger partial charge >= 0.3 is 0 Å². The predicted molar refractivity (Wildman–Crippen MR) is 92.1 cm³/mol. The fourth-order valence-electron chi connectivity index (χ4n) is 2.25. The Labute approximate surface area is 143 Å². The first-order chi connectivity index (χ1) is 10.8. The van der Waals surface area contributed by atoms with Crippen molar-refractivity contribution in [2.75, 3.05) is 0 Å². The number of nitrogens with zero attached hydrogens (tertiary/aromatic N) is 1. The normalized spacial score (nSPS) is 11.1. The fraction of sp³-hybridized carbons (Fsp3) is 0.235. The number of carbonyl (C=O) groups excluding carboxylic acids is 1. The van der Waals surface area contributed by atoms with Crippen LogP contribution in [-0.4, -0.2) is 10.8 Å². The van der Waals surface area contributed by atoms with Crippen LogP contribution >= 0.6 is 15.9 Å². The highest BCUT2D eigenvalue weighted by molar-refractivity contribution is 9.10. The molecule has 0 aliphatic rings. The number of rotatable bonds is 5. The molecule has 6 heteroatoms. The van der Waals surface area contributed by atoms with Gasteiger partial charge in [0, 0.05) is 16.6 Å². The second-order valence-electron chi connectivity index (χ2n) is 5.78. The molecule has 5 nitrogen and oxygen atoms in total. The summed E-state index contributed by atoms with van der Waals surface area (Å²) in [4.78, 5) is 22.4. The summed E-state index contributed by atoms with van der Waals surface area (Å²) in [5, 5.41) is 13.6. The van der Waals surface area contributed by atoms with E-state index in [9.17, 15) is 14.9 Å². The minimum Gasteiger partial charge on any atom is -0.347 e. The lowest BCUT2D eigenvalue weighted by atomic mass is 9.94. The Hall–Kier alpha value is -2.21. The largest absolute Gasteiger partial charge is 0.347 e. The summed E-state index contributed by atoms with van der Waals surface area (Å²) in [6.07, 6.45) is 0.179. The Morgan fingerprint density at radius 3 is 2.22 bits per heavy atom. The average molecular weight is 377 g/mol. The van der Waals surface area contributed by atoms with Crippen molar-refractivity contribution in [3.63, 3.8) is 0 Å². The van der Waals surface area contributed by atoms with E-state index in [2.05, 4.69) is 21.2 Å². The average Bonchev–Trinajstić information content (AvgIpc) is 2.47. The summed E-state index contributed by atoms with van der Waals surface area (Å²) in [6.45, 7) is 3.87. The van der Waals surface area contributed by atoms with E-state index in [1.54, 1.807) is 12.1 Å². The Bertz CT molecular complexity index is 710. The number of benzene rings is 2. The Kier molecular flexibility index (Phi) is 5.15. The molecule has 1 N–H and O–H groups in total. The number of nitro groups is 1. The molecule has 0 aliphatic carbocycles. The van der Waals surface area contributed by atoms with Crippen molar-refractivity contribution >= 4 is 27.5 Å². The van der Waals surface area contributed by atoms with Crippen LogP contribution in [0.2, 0.25) is 0 Å². The van der Waals surface area contributed by atoms with Gasteiger partial charge in [0.1, 0.15) is 0 Å². The summed E-state index contributed by atoms with van der Waals surface area (Å²) in [5.41, 5.74) is 1.25. The van der Waals surface area contributed by atoms with E-state index in [-0.39, 0.29) is 18.0 Å². The Balaban J connectivity index is 2.03. The van der Waals surface area contributed by atoms with E-state index in [1.165, 1.54) is 12.1 Å². The molecule has 0 saturated heterocycles. The Morgan fingerprint density at radius 1 is 1.13 bits per heavy atom. The molecule has 1 amide bonds. The SMILES string of the molecule is CC(C)(NC(=O)Cc1ccc([N+](=O)[O-])cc1)c1ccc(Br)cc1. The van der Waals surface area contributed by atoms with Gasteiger partial charge in [-0.25, -0.2) is 0 Å². The molecule has 0 fully saturated rings. The quantitative estimate of drug-likeness (QED) is 0.634. The third-order valence-corrected chi connectivity index (χ3v) is 4.06. The number of hydrogen-bond donors (Lipinski definition) is 1. The van der Waals surface area contributed by atoms with E-state index in [4.69, 9.17) is 0 Å². The van der Waals surface area contributed by atoms with Crippen LogP contribution in [0.5, 0.6) is 0 Å². The van der Waals surface area contributed by atoms with Crippen LogP contribution in [0.15, 0.2) is 53.0 Å². The maximum absolute atomic E-state index is 12.2. The van der Waals surface area contributed by atoms with Crippen molar-refractivity contribution in [2.24, 2.45) is 0 Å². The standard InChI is InChI=1S/C17H17BrN2O3/c1-17(2,13-5-7-14(18)8-6-13)19-16(21)11-12-3-9-15(10-4-12)20(22)23/h3-10H,11H2,1-2H3,(H,19,21). The lowest BCUT2D eigenvalue weighted by Crippen LogP contribution is -2.41. The molecule has 0 radical (unpaired) electrons. The number of nitro benzene ring substituents is 1. The second-order valence-corrected chi connectivity index (χ2v) is 6.70. The summed E-state index contributed by atoms with van der Waals surface area (Å²) in [7, 11) is 0. The summed E-state index contributed by atoms with van der Waals surface area (Å²) in [6, 6.07) is 13.8. The molecular formula is C17H17BrN2O3. The van der Waals surface area contributed by atoms with Crippen molar-refractivity contribution in [1.82, 2.24) is 5.32 Å². The minimum atomic E-state index is -0.501. The number of hydrogen-bond acceptors (Lipinski definition) is 3. The molecule has 2 aromatic carbocycles. The van der Waals surface area contributed by atoms with E-state index < -0.39 is 10.5 Å². The fourth-order valence-corrected chi connectivity index (χ4v) is 2.52. The number of non-ortho nitro benzene ring substituents is 1. The van der Waals surface area contributed by atoms with E-state index in [0.717, 1.165) is 15.6 Å². The smallest absolute Gasteiger partial charge is 0.269 e. The first kappa shape index (κ1) is 17.1. The van der Waals surface area contributed by atoms with Gasteiger partial charge in [-0.15, -0.1) is 0 Å². The molecule has 0 saturated carbocycles. The zero-order chi connectivity index (χ0) is 17.0. The highest BCUT2D eigenvalue weighted by atomic mass is 79.9. The number of carbonyl (C=O) groups is 1. The van der Waals surface area contributed by atoms with Crippen molar-refractivity contribution in [3.05, 3.63) is 74.2 Å². The van der Waals surface area contributed by atoms with Crippen LogP contribution in [-0.2, 0) is 16.8 Å². The molecule has 2 rings (SSSR count). The third kappa shape index (κ3) is 4.63. The van der Waals surface area contributed by atoms with Crippen molar-refractivity contribution < 1.29 is 9.72 Å². The molecule has 0 aliphatic heterocycles. The zero-order valence-electron chi connectivity index (χ0n) is 12.9. The predicted octanol–water partition coefficient (Wildman–Crippen LogP) is 3.95. The van der Waals surface area contributed by atoms with E-state index in [0.29, 0.717) is 0 Å². The van der Waals surface area contributed by atoms with Gasteiger partial charge in [-0.05, 0) is 37.1 Å². The van der Waals surface area contributed by atoms with Crippen LogP contribution in [0.1, 0.15) is 25.0 Å². The minimum absolute atomic E-state index is 0.0179. The molecule has 120 valence electrons. The molecule has 0 unspecified atom stereocenters. The van der Waals surface area contributed by atoms with Gasteiger partial charge in [0.05, 0.1) is 16.9 Å². The number of amides is 1. The van der Waals surface area contributed by atoms with Gasteiger partial charge in [-0.3, -0.25) is 14.9 Å². The van der Waals surface area contributed by atoms with Gasteiger partial charge in [0.2, 0.25) is 5.91 Å². The van der Waals surface area contributed by atoms with Gasteiger partial charge in [-0.1, -0.05) is 40.2 Å². The highest BCUT2D eigenvalue weighted by Crippen LogP contribution is 2.22. The third-order valence-electron chi connectivity index (χ3n) is 3.53. The van der Waals surface area contributed by atoms with Crippen molar-refractivity contribution in [1.29, 1.82) is 0 Å². The first-order valence-electron chi connectivity index (χ1n) is 7.08. The summed E-state index contributed by atoms with van der Waals surface area (Å²) in [5.74, 6) is -0.133. The maximum atomic E-state index is 12.2. The molecule has 0 atom stereocenters. The van der Waals surface area contributed by atoms with Crippen LogP contribution in [0.3, 0.4) is 0 Å². The van der Waals surface area contributed by atoms with Crippen LogP contribution in [0.4, 0.5) is 5.69 Å². The Morgan fingerprint density at radius 2 is 1.70 bits per heavy atom. The second kappa shape index (κ2) is 6.91. The van der Waals surface area contributed by atoms with Crippen LogP contribution in [0.25, 0.3) is 0 Å². The van der Waals surface area contributed by atoms with E-state index >= 15 is 0 Å². The van der Waals surface area contributed by atoms with Crippen molar-refractivity contribution in [2.45, 2.75) is 25.8 Å². The van der Waals surface area contributed by atoms with E-state index in [1.807, 2.05) is 38.1 Å². The molecule has 0 heterocycles. The van der Waals surface area contributed by atoms with Gasteiger partial charge in [0.15, 0.2) is 0 Å². The van der Waals surface area contributed by atoms with Crippen LogP contribution < -0.4 is 5.32 Å². The zero-order valence-corrected chi connectivity index (χ0v) is 14.5. The van der Waals surface area contributed by atoms with Gasteiger partial charge in [0.25, 0.3) is 5.69 Å². The first-order valence-corrected chi connectivity index (χ1v) is 7.87. The lowest BCUT2D eigenvalue weighted by Gasteiger charge is -2.27. The topological polar surface area (TPSA) is 72.2 Å². The number of halogens is 1. The van der Waals surface area contributed by atoms with Gasteiger partial charge < -0.3 is 5.32 Å². The van der Waals surface area contributed by atoms with Crippen molar-refractivity contribution in [3.8, 4) is 0 Å². The maximum Gasteiger partial charge on any atom is 0.269 e. The molecule has 0 aromatic heterocycles. The molecular weight excluding hydrogens is 360 g/mol. The highest BCUT2D eigenvalue weighted by Gasteiger charge is 2.22. The number of nitrogens with one attached hydrogen (secondary N) is 1. The van der Waals surface area contributed by atoms with Gasteiger partial charge in [-0.2, -0.15) is 0 Å². The molecule has 23 heavy (non-hydrogen) atoms. The molecule has 0 spiro atoms. The lowest BCUT2D eigenvalue weighted by molar-refractivity contribution is -0.384. The summed E-state index contributed by atoms with van der Waals surface area (Å²) < 4.78 is 0.981. The molecule has 0 bridgehead atoms. The summed E-state index contributed by atoms with van der Waals surface area (Å²) >= 11 is 3.39.